The predicted molar refractivity (Wildman–Crippen MR) is 104 cm³/mol. The summed E-state index contributed by atoms with van der Waals surface area (Å²) in [5.41, 5.74) is 7.07. The van der Waals surface area contributed by atoms with Crippen LogP contribution in [0.3, 0.4) is 0 Å². The van der Waals surface area contributed by atoms with Gasteiger partial charge in [0.25, 0.3) is 5.91 Å². The number of carbonyl (C=O) groups excluding carboxylic acids is 1. The lowest BCUT2D eigenvalue weighted by Crippen LogP contribution is -2.34. The number of rotatable bonds is 2. The number of fused-ring (bicyclic) bond motifs is 2. The minimum atomic E-state index is -0.00923. The molecular weight excluding hydrogens is 354 g/mol. The Bertz CT molecular complexity index is 1020. The van der Waals surface area contributed by atoms with E-state index >= 15 is 0 Å². The van der Waals surface area contributed by atoms with Crippen molar-refractivity contribution >= 4 is 5.91 Å². The standard InChI is InChI=1S/C21H23N5O2/c1-25-18-8-11-26(21(27)20-16-13-28-12-9-17(16)22-23-20)10-7-15(18)19(24-25)14-5-3-2-4-6-14/h2-6H,7-13H2,1H3,(H,22,23). The lowest BCUT2D eigenvalue weighted by atomic mass is 10.0. The maximum Gasteiger partial charge on any atom is 0.274 e. The van der Waals surface area contributed by atoms with Crippen LogP contribution in [0, 0.1) is 0 Å². The van der Waals surface area contributed by atoms with Crippen molar-refractivity contribution < 1.29 is 9.53 Å². The number of amides is 1. The van der Waals surface area contributed by atoms with Gasteiger partial charge in [-0.25, -0.2) is 0 Å². The zero-order chi connectivity index (χ0) is 19.1. The molecule has 2 aliphatic heterocycles. The molecule has 0 fully saturated rings. The van der Waals surface area contributed by atoms with Gasteiger partial charge in [-0.2, -0.15) is 10.2 Å². The molecule has 0 radical (unpaired) electrons. The quantitative estimate of drug-likeness (QED) is 0.742. The Morgan fingerprint density at radius 2 is 1.93 bits per heavy atom. The van der Waals surface area contributed by atoms with Crippen molar-refractivity contribution in [3.63, 3.8) is 0 Å². The fourth-order valence-electron chi connectivity index (χ4n) is 4.25. The van der Waals surface area contributed by atoms with Crippen molar-refractivity contribution in [1.29, 1.82) is 0 Å². The molecule has 5 rings (SSSR count). The highest BCUT2D eigenvalue weighted by molar-refractivity contribution is 5.94. The van der Waals surface area contributed by atoms with Gasteiger partial charge in [0.2, 0.25) is 0 Å². The summed E-state index contributed by atoms with van der Waals surface area (Å²) in [6.45, 7) is 2.47. The number of nitrogens with one attached hydrogen (secondary N) is 1. The lowest BCUT2D eigenvalue weighted by molar-refractivity contribution is 0.0743. The molecule has 144 valence electrons. The van der Waals surface area contributed by atoms with Crippen LogP contribution in [0.25, 0.3) is 11.3 Å². The van der Waals surface area contributed by atoms with Crippen molar-refractivity contribution in [2.75, 3.05) is 19.7 Å². The highest BCUT2D eigenvalue weighted by Gasteiger charge is 2.29. The molecule has 4 heterocycles. The molecule has 0 aliphatic carbocycles. The Hall–Kier alpha value is -2.93. The van der Waals surface area contributed by atoms with Crippen LogP contribution in [0.2, 0.25) is 0 Å². The van der Waals surface area contributed by atoms with Gasteiger partial charge in [-0.05, 0) is 6.42 Å². The Morgan fingerprint density at radius 3 is 2.79 bits per heavy atom. The van der Waals surface area contributed by atoms with E-state index in [2.05, 4.69) is 22.3 Å². The summed E-state index contributed by atoms with van der Waals surface area (Å²) >= 11 is 0. The molecule has 7 nitrogen and oxygen atoms in total. The first kappa shape index (κ1) is 17.2. The van der Waals surface area contributed by atoms with Crippen molar-refractivity contribution in [1.82, 2.24) is 24.9 Å². The van der Waals surface area contributed by atoms with E-state index in [0.29, 0.717) is 32.0 Å². The van der Waals surface area contributed by atoms with Crippen molar-refractivity contribution in [3.05, 3.63) is 58.5 Å². The Balaban J connectivity index is 1.41. The second-order valence-corrected chi connectivity index (χ2v) is 7.39. The van der Waals surface area contributed by atoms with Gasteiger partial charge in [-0.1, -0.05) is 30.3 Å². The van der Waals surface area contributed by atoms with Crippen LogP contribution in [-0.2, 0) is 37.7 Å². The second-order valence-electron chi connectivity index (χ2n) is 7.39. The smallest absolute Gasteiger partial charge is 0.274 e. The van der Waals surface area contributed by atoms with Crippen LogP contribution >= 0.6 is 0 Å². The number of benzene rings is 1. The normalized spacial score (nSPS) is 16.4. The Labute approximate surface area is 163 Å². The average molecular weight is 377 g/mol. The minimum Gasteiger partial charge on any atom is -0.376 e. The van der Waals surface area contributed by atoms with E-state index in [1.165, 1.54) is 11.3 Å². The number of carbonyl (C=O) groups is 1. The van der Waals surface area contributed by atoms with Gasteiger partial charge in [-0.15, -0.1) is 0 Å². The van der Waals surface area contributed by atoms with E-state index < -0.39 is 0 Å². The number of aromatic nitrogens is 4. The van der Waals surface area contributed by atoms with Gasteiger partial charge in [0.05, 0.1) is 18.9 Å². The number of hydrogen-bond donors (Lipinski definition) is 1. The number of aromatic amines is 1. The Kier molecular flexibility index (Phi) is 4.24. The summed E-state index contributed by atoms with van der Waals surface area (Å²) in [6, 6.07) is 10.3. The highest BCUT2D eigenvalue weighted by Crippen LogP contribution is 2.28. The molecule has 2 aromatic heterocycles. The summed E-state index contributed by atoms with van der Waals surface area (Å²) in [5.74, 6) is -0.00923. The minimum absolute atomic E-state index is 0.00923. The molecule has 2 aliphatic rings. The van der Waals surface area contributed by atoms with E-state index in [4.69, 9.17) is 9.84 Å². The summed E-state index contributed by atoms with van der Waals surface area (Å²) in [7, 11) is 1.99. The number of nitrogens with zero attached hydrogens (tertiary/aromatic N) is 4. The van der Waals surface area contributed by atoms with E-state index in [-0.39, 0.29) is 5.91 Å². The van der Waals surface area contributed by atoms with E-state index in [1.54, 1.807) is 0 Å². The van der Waals surface area contributed by atoms with Crippen LogP contribution in [0.1, 0.15) is 33.0 Å². The molecule has 7 heteroatoms. The van der Waals surface area contributed by atoms with E-state index in [9.17, 15) is 4.79 Å². The predicted octanol–water partition coefficient (Wildman–Crippen LogP) is 2.12. The van der Waals surface area contributed by atoms with Gasteiger partial charge in [0, 0.05) is 61.1 Å². The largest absolute Gasteiger partial charge is 0.376 e. The molecule has 28 heavy (non-hydrogen) atoms. The SMILES string of the molecule is Cn1nc(-c2ccccc2)c2c1CCN(C(=O)c1n[nH]c3c1COCC3)CC2. The molecule has 0 spiro atoms. The first-order valence-corrected chi connectivity index (χ1v) is 9.75. The van der Waals surface area contributed by atoms with Crippen LogP contribution in [-0.4, -0.2) is 50.5 Å². The zero-order valence-corrected chi connectivity index (χ0v) is 15.9. The first-order chi connectivity index (χ1) is 13.7. The van der Waals surface area contributed by atoms with Crippen molar-refractivity contribution in [3.8, 4) is 11.3 Å². The molecule has 0 unspecified atom stereocenters. The van der Waals surface area contributed by atoms with Gasteiger partial charge in [-0.3, -0.25) is 14.6 Å². The Morgan fingerprint density at radius 1 is 1.11 bits per heavy atom. The maximum atomic E-state index is 13.2. The summed E-state index contributed by atoms with van der Waals surface area (Å²) in [5, 5.41) is 12.1. The summed E-state index contributed by atoms with van der Waals surface area (Å²) in [4.78, 5) is 15.1. The van der Waals surface area contributed by atoms with Gasteiger partial charge >= 0.3 is 0 Å². The topological polar surface area (TPSA) is 76.0 Å². The van der Waals surface area contributed by atoms with Crippen molar-refractivity contribution in [2.24, 2.45) is 7.05 Å². The van der Waals surface area contributed by atoms with Crippen molar-refractivity contribution in [2.45, 2.75) is 25.9 Å². The lowest BCUT2D eigenvalue weighted by Gasteiger charge is -2.20. The monoisotopic (exact) mass is 377 g/mol. The first-order valence-electron chi connectivity index (χ1n) is 9.75. The van der Waals surface area contributed by atoms with Gasteiger partial charge < -0.3 is 9.64 Å². The van der Waals surface area contributed by atoms with E-state index in [1.807, 2.05) is 34.8 Å². The molecule has 1 amide bonds. The van der Waals surface area contributed by atoms with Gasteiger partial charge in [0.15, 0.2) is 5.69 Å². The van der Waals surface area contributed by atoms with Crippen LogP contribution < -0.4 is 0 Å². The molecule has 1 aromatic carbocycles. The highest BCUT2D eigenvalue weighted by atomic mass is 16.5. The molecule has 3 aromatic rings. The fraction of sp³-hybridized carbons (Fsp3) is 0.381. The molecule has 0 atom stereocenters. The fourth-order valence-corrected chi connectivity index (χ4v) is 4.25. The third kappa shape index (κ3) is 2.82. The third-order valence-corrected chi connectivity index (χ3v) is 5.76. The van der Waals surface area contributed by atoms with Crippen LogP contribution in [0.15, 0.2) is 30.3 Å². The van der Waals surface area contributed by atoms with Crippen LogP contribution in [0.5, 0.6) is 0 Å². The number of ether oxygens (including phenoxy) is 1. The zero-order valence-electron chi connectivity index (χ0n) is 15.9. The third-order valence-electron chi connectivity index (χ3n) is 5.76. The molecule has 0 saturated carbocycles. The number of aryl methyl sites for hydroxylation is 1. The summed E-state index contributed by atoms with van der Waals surface area (Å²) in [6.07, 6.45) is 2.37. The molecule has 0 bridgehead atoms. The maximum absolute atomic E-state index is 13.2. The summed E-state index contributed by atoms with van der Waals surface area (Å²) < 4.78 is 7.50. The number of hydrogen-bond acceptors (Lipinski definition) is 4. The molecular formula is C21H23N5O2. The van der Waals surface area contributed by atoms with Gasteiger partial charge in [0.1, 0.15) is 0 Å². The molecule has 0 saturated heterocycles. The van der Waals surface area contributed by atoms with Crippen LogP contribution in [0.4, 0.5) is 0 Å². The number of H-pyrrole nitrogens is 1. The average Bonchev–Trinajstić information content (AvgIpc) is 3.21. The molecule has 1 N–H and O–H groups in total. The second kappa shape index (κ2) is 6.91. The van der Waals surface area contributed by atoms with E-state index in [0.717, 1.165) is 41.8 Å².